The fourth-order valence-electron chi connectivity index (χ4n) is 6.18. The molecule has 0 radical (unpaired) electrons. The van der Waals surface area contributed by atoms with Gasteiger partial charge in [-0.05, 0) is 98.6 Å². The molecule has 2 aromatic rings. The second-order valence-electron chi connectivity index (χ2n) is 15.7. The molecule has 21 heteroatoms. The van der Waals surface area contributed by atoms with Crippen LogP contribution >= 0.6 is 55.2 Å². The third kappa shape index (κ3) is 15.0. The maximum absolute atomic E-state index is 13.1. The third-order valence-corrected chi connectivity index (χ3v) is 14.1. The summed E-state index contributed by atoms with van der Waals surface area (Å²) in [5.74, 6) is -0.195. The molecule has 0 saturated heterocycles. The lowest BCUT2D eigenvalue weighted by molar-refractivity contribution is -0.153. The summed E-state index contributed by atoms with van der Waals surface area (Å²) in [7, 11) is 0. The number of aryl methyl sites for hydroxylation is 4. The molecule has 4 unspecified atom stereocenters. The summed E-state index contributed by atoms with van der Waals surface area (Å²) < 4.78 is 88.8. The van der Waals surface area contributed by atoms with Crippen LogP contribution in [-0.2, 0) is 59.6 Å². The molecule has 0 fully saturated rings. The number of halogens is 9. The minimum Gasteiger partial charge on any atom is -0.509 e. The van der Waals surface area contributed by atoms with Gasteiger partial charge in [-0.1, -0.05) is 109 Å². The molecule has 8 nitrogen and oxygen atoms in total. The van der Waals surface area contributed by atoms with Crippen molar-refractivity contribution in [3.05, 3.63) is 78.1 Å². The Hall–Kier alpha value is -1.49. The Balaban J connectivity index is 0.000000357. The Morgan fingerprint density at radius 2 is 1.13 bits per heavy atom. The summed E-state index contributed by atoms with van der Waals surface area (Å²) in [5, 5.41) is 16.6. The number of aliphatic hydroxyl groups is 1. The first-order valence-corrected chi connectivity index (χ1v) is 27.7. The molecule has 4 atom stereocenters. The number of hydrogen-bond donors (Lipinski definition) is 3. The van der Waals surface area contributed by atoms with Gasteiger partial charge >= 0.3 is 12.4 Å². The highest BCUT2D eigenvalue weighted by Gasteiger charge is 2.49. The number of carbonyl (C=O) groups excluding carboxylic acids is 2. The van der Waals surface area contributed by atoms with Crippen LogP contribution in [0.25, 0.3) is 11.1 Å². The van der Waals surface area contributed by atoms with Crippen LogP contribution in [0.4, 0.5) is 26.3 Å². The van der Waals surface area contributed by atoms with Crippen molar-refractivity contribution in [2.75, 3.05) is 26.5 Å². The van der Waals surface area contributed by atoms with E-state index in [1.165, 1.54) is 13.3 Å². The van der Waals surface area contributed by atoms with E-state index in [1.807, 2.05) is 73.6 Å². The first-order chi connectivity index (χ1) is 27.5. The molecule has 0 spiro atoms. The van der Waals surface area contributed by atoms with Crippen molar-refractivity contribution >= 4 is 102 Å². The average Bonchev–Trinajstić information content (AvgIpc) is 3.48. The van der Waals surface area contributed by atoms with Gasteiger partial charge in [0.1, 0.15) is 23.7 Å². The second-order valence-corrected chi connectivity index (χ2v) is 27.8. The van der Waals surface area contributed by atoms with Crippen LogP contribution in [0.5, 0.6) is 0 Å². The van der Waals surface area contributed by atoms with Crippen molar-refractivity contribution in [3.63, 3.8) is 0 Å². The first kappa shape index (κ1) is 55.6. The lowest BCUT2D eigenvalue weighted by atomic mass is 9.86. The third-order valence-electron chi connectivity index (χ3n) is 10.0. The number of aliphatic hydroxyl groups excluding tert-OH is 1. The highest BCUT2D eigenvalue weighted by Crippen LogP contribution is 2.54. The SMILES string of the molecule is CCc1cc(C)cc(Br)c1C1=C(O)C(C)(C(C)C)NC1=O.CCc1cc(C)cc(Br)c1C1=C(OP(C)(=S)OCC(F)(F)F)C(C)(C(C)C)NC1=O.CP(=S)(Cl)OCC(F)(F)F. The fourth-order valence-corrected chi connectivity index (χ4v) is 9.92. The molecule has 4 rings (SSSR count). The summed E-state index contributed by atoms with van der Waals surface area (Å²) in [6, 6.07) is 7.91. The van der Waals surface area contributed by atoms with E-state index in [0.29, 0.717) is 22.0 Å². The first-order valence-electron chi connectivity index (χ1n) is 18.9. The van der Waals surface area contributed by atoms with Crippen molar-refractivity contribution in [2.24, 2.45) is 11.8 Å². The Bertz CT molecular complexity index is 2150. The van der Waals surface area contributed by atoms with E-state index in [1.54, 1.807) is 6.92 Å². The molecule has 344 valence electrons. The molecule has 0 bridgehead atoms. The van der Waals surface area contributed by atoms with Crippen LogP contribution in [0.1, 0.15) is 88.8 Å². The summed E-state index contributed by atoms with van der Waals surface area (Å²) in [6.07, 6.45) is -7.41. The maximum atomic E-state index is 13.1. The molecule has 2 amide bonds. The number of nitrogens with one attached hydrogen (secondary N) is 2. The highest BCUT2D eigenvalue weighted by atomic mass is 79.9. The molecule has 2 aliphatic rings. The number of hydrogen-bond acceptors (Lipinski definition) is 8. The Kier molecular flexibility index (Phi) is 19.4. The van der Waals surface area contributed by atoms with E-state index in [2.05, 4.69) is 71.8 Å². The van der Waals surface area contributed by atoms with Crippen LogP contribution in [0.3, 0.4) is 0 Å². The molecule has 2 aliphatic heterocycles. The zero-order chi connectivity index (χ0) is 47.4. The molecule has 2 aromatic carbocycles. The van der Waals surface area contributed by atoms with Crippen molar-refractivity contribution in [1.29, 1.82) is 0 Å². The predicted molar refractivity (Wildman–Crippen MR) is 247 cm³/mol. The number of alkyl halides is 6. The highest BCUT2D eigenvalue weighted by molar-refractivity contribution is 9.10. The van der Waals surface area contributed by atoms with Crippen molar-refractivity contribution < 1.29 is 54.6 Å². The van der Waals surface area contributed by atoms with Gasteiger partial charge in [-0.25, -0.2) is 0 Å². The zero-order valence-corrected chi connectivity index (χ0v) is 43.2. The molecule has 3 N–H and O–H groups in total. The lowest BCUT2D eigenvalue weighted by Crippen LogP contribution is -2.46. The minimum absolute atomic E-state index is 0.105. The van der Waals surface area contributed by atoms with Crippen LogP contribution in [-0.4, -0.2) is 66.9 Å². The number of carbonyl (C=O) groups is 2. The molecular weight excluding hydrogens is 1040 g/mol. The van der Waals surface area contributed by atoms with Gasteiger partial charge in [0.2, 0.25) is 6.49 Å². The molecule has 2 heterocycles. The van der Waals surface area contributed by atoms with Crippen LogP contribution in [0.2, 0.25) is 0 Å². The van der Waals surface area contributed by atoms with Crippen molar-refractivity contribution in [2.45, 2.75) is 106 Å². The minimum atomic E-state index is -4.53. The van der Waals surface area contributed by atoms with Gasteiger partial charge in [-0.3, -0.25) is 9.59 Å². The molecule has 0 aliphatic carbocycles. The number of benzene rings is 2. The smallest absolute Gasteiger partial charge is 0.412 e. The van der Waals surface area contributed by atoms with Crippen molar-refractivity contribution in [1.82, 2.24) is 10.6 Å². The van der Waals surface area contributed by atoms with E-state index in [0.717, 1.165) is 38.7 Å². The van der Waals surface area contributed by atoms with E-state index < -0.39 is 48.8 Å². The van der Waals surface area contributed by atoms with Gasteiger partial charge < -0.3 is 29.3 Å². The zero-order valence-electron chi connectivity index (χ0n) is 35.9. The maximum Gasteiger partial charge on any atom is 0.412 e. The average molecular weight is 1090 g/mol. The topological polar surface area (TPSA) is 106 Å². The van der Waals surface area contributed by atoms with Gasteiger partial charge in [0.05, 0.1) is 22.2 Å². The standard InChI is InChI=1S/C20H26BrF3NO3PS.C17H22BrNO2.C3H5ClF3OPS/c1-7-13-8-12(4)9-14(21)15(13)16-17(19(5,11(2)3)25-18(16)26)28-29(6,30)27-10-20(22,23)24;1-6-11-7-10(4)8-12(18)13(11)14-15(20)17(5,9(2)3)19-16(14)21;1-9(4,10)8-2-3(5,6)7/h8-9,11H,7,10H2,1-6H3,(H,25,26);7-9,20H,6H2,1-5H3,(H,19,21);2H2,1H3. The van der Waals surface area contributed by atoms with E-state index in [9.17, 15) is 41.0 Å². The van der Waals surface area contributed by atoms with Gasteiger partial charge in [-0.15, -0.1) is 0 Å². The summed E-state index contributed by atoms with van der Waals surface area (Å²) in [5.41, 5.74) is 1.95. The van der Waals surface area contributed by atoms with Gasteiger partial charge in [-0.2, -0.15) is 26.3 Å². The summed E-state index contributed by atoms with van der Waals surface area (Å²) >= 11 is 22.0. The van der Waals surface area contributed by atoms with Gasteiger partial charge in [0.15, 0.2) is 6.61 Å². The van der Waals surface area contributed by atoms with Crippen molar-refractivity contribution in [3.8, 4) is 0 Å². The molecule has 0 saturated carbocycles. The molecule has 0 aromatic heterocycles. The normalized spacial score (nSPS) is 21.4. The number of rotatable bonds is 12. The lowest BCUT2D eigenvalue weighted by Gasteiger charge is -2.34. The summed E-state index contributed by atoms with van der Waals surface area (Å²) in [4.78, 5) is 25.6. The quantitative estimate of drug-likeness (QED) is 0.143. The van der Waals surface area contributed by atoms with E-state index in [4.69, 9.17) is 32.1 Å². The Labute approximate surface area is 386 Å². The monoisotopic (exact) mass is 1090 g/mol. The molecular formula is C40H53Br2ClF6N2O6P2S2. The fraction of sp³-hybridized carbons (Fsp3) is 0.550. The van der Waals surface area contributed by atoms with Crippen LogP contribution in [0.15, 0.2) is 44.7 Å². The largest absolute Gasteiger partial charge is 0.509 e. The van der Waals surface area contributed by atoms with E-state index >= 15 is 0 Å². The van der Waals surface area contributed by atoms with Gasteiger partial charge in [0, 0.05) is 33.4 Å². The van der Waals surface area contributed by atoms with Crippen LogP contribution < -0.4 is 10.6 Å². The molecule has 61 heavy (non-hydrogen) atoms. The number of amides is 2. The Morgan fingerprint density at radius 1 is 0.754 bits per heavy atom. The summed E-state index contributed by atoms with van der Waals surface area (Å²) in [6.45, 7) is 15.8. The predicted octanol–water partition coefficient (Wildman–Crippen LogP) is 13.0. The second kappa shape index (κ2) is 21.2. The Morgan fingerprint density at radius 3 is 1.48 bits per heavy atom. The van der Waals surface area contributed by atoms with E-state index in [-0.39, 0.29) is 40.7 Å². The van der Waals surface area contributed by atoms with Gasteiger partial charge in [0.25, 0.3) is 11.8 Å². The van der Waals surface area contributed by atoms with Crippen LogP contribution in [0, 0.1) is 25.7 Å².